The van der Waals surface area contributed by atoms with Gasteiger partial charge in [-0.2, -0.15) is 5.10 Å². The predicted molar refractivity (Wildman–Crippen MR) is 70.8 cm³/mol. The number of aliphatic hydroxyl groups is 1. The van der Waals surface area contributed by atoms with E-state index in [9.17, 15) is 13.9 Å². The number of nitrogens with one attached hydrogen (secondary N) is 1. The van der Waals surface area contributed by atoms with E-state index in [1.165, 1.54) is 0 Å². The molecule has 102 valence electrons. The number of rotatable bonds is 5. The van der Waals surface area contributed by atoms with Crippen LogP contribution in [0.2, 0.25) is 0 Å². The van der Waals surface area contributed by atoms with E-state index in [2.05, 4.69) is 26.3 Å². The molecule has 0 saturated heterocycles. The number of aromatic nitrogens is 2. The molecule has 0 bridgehead atoms. The summed E-state index contributed by atoms with van der Waals surface area (Å²) in [4.78, 5) is 0. The molecule has 2 N–H and O–H groups in total. The molecular formula is C12H12BrF2N3O. The van der Waals surface area contributed by atoms with Crippen molar-refractivity contribution >= 4 is 21.6 Å². The maximum Gasteiger partial charge on any atom is 0.147 e. The highest BCUT2D eigenvalue weighted by molar-refractivity contribution is 9.10. The van der Waals surface area contributed by atoms with E-state index in [0.717, 1.165) is 12.1 Å². The molecule has 2 aromatic rings. The third-order valence-corrected chi connectivity index (χ3v) is 3.10. The van der Waals surface area contributed by atoms with Crippen LogP contribution in [0, 0.1) is 11.6 Å². The van der Waals surface area contributed by atoms with Gasteiger partial charge in [0.25, 0.3) is 0 Å². The predicted octanol–water partition coefficient (Wildman–Crippen LogP) is 2.40. The summed E-state index contributed by atoms with van der Waals surface area (Å²) in [6, 6.07) is 3.82. The molecule has 1 heterocycles. The molecule has 4 nitrogen and oxygen atoms in total. The fraction of sp³-hybridized carbons (Fsp3) is 0.250. The molecule has 2 rings (SSSR count). The van der Waals surface area contributed by atoms with Crippen LogP contribution in [0.25, 0.3) is 0 Å². The van der Waals surface area contributed by atoms with Crippen molar-refractivity contribution in [2.75, 3.05) is 11.9 Å². The molecule has 0 amide bonds. The fourth-order valence-electron chi connectivity index (χ4n) is 1.57. The average Bonchev–Trinajstić information content (AvgIpc) is 2.85. The molecule has 0 aliphatic heterocycles. The zero-order chi connectivity index (χ0) is 13.8. The summed E-state index contributed by atoms with van der Waals surface area (Å²) in [6.45, 7) is 0.373. The third kappa shape index (κ3) is 3.74. The first-order valence-corrected chi connectivity index (χ1v) is 6.39. The zero-order valence-corrected chi connectivity index (χ0v) is 11.4. The van der Waals surface area contributed by atoms with Crippen molar-refractivity contribution in [1.29, 1.82) is 0 Å². The lowest BCUT2D eigenvalue weighted by Crippen LogP contribution is -2.25. The standard InChI is InChI=1S/C12H12BrF2N3O/c13-9-4-11(15)12(5-10(9)14)16-6-8(19)7-18-3-1-2-17-18/h1-5,8,16,19H,6-7H2. The Morgan fingerprint density at radius 2 is 2.16 bits per heavy atom. The Kier molecular flexibility index (Phi) is 4.49. The van der Waals surface area contributed by atoms with Crippen molar-refractivity contribution in [3.63, 3.8) is 0 Å². The number of anilines is 1. The highest BCUT2D eigenvalue weighted by atomic mass is 79.9. The van der Waals surface area contributed by atoms with Gasteiger partial charge in [-0.25, -0.2) is 8.78 Å². The van der Waals surface area contributed by atoms with Crippen molar-refractivity contribution < 1.29 is 13.9 Å². The summed E-state index contributed by atoms with van der Waals surface area (Å²) in [5.41, 5.74) is 0.0141. The van der Waals surface area contributed by atoms with Gasteiger partial charge in [-0.05, 0) is 28.1 Å². The quantitative estimate of drug-likeness (QED) is 0.827. The van der Waals surface area contributed by atoms with Crippen LogP contribution in [0.5, 0.6) is 0 Å². The first kappa shape index (κ1) is 14.0. The summed E-state index contributed by atoms with van der Waals surface area (Å²) in [6.07, 6.45) is 2.55. The van der Waals surface area contributed by atoms with Crippen LogP contribution < -0.4 is 5.32 Å². The number of hydrogen-bond acceptors (Lipinski definition) is 3. The normalized spacial score (nSPS) is 12.4. The monoisotopic (exact) mass is 331 g/mol. The molecule has 0 saturated carbocycles. The van der Waals surface area contributed by atoms with Crippen molar-refractivity contribution in [3.05, 3.63) is 46.7 Å². The summed E-state index contributed by atoms with van der Waals surface area (Å²) in [5.74, 6) is -1.15. The summed E-state index contributed by atoms with van der Waals surface area (Å²) in [5, 5.41) is 16.4. The van der Waals surface area contributed by atoms with Crippen molar-refractivity contribution in [2.24, 2.45) is 0 Å². The van der Waals surface area contributed by atoms with Gasteiger partial charge in [-0.3, -0.25) is 4.68 Å². The minimum absolute atomic E-state index is 0.0141. The molecule has 19 heavy (non-hydrogen) atoms. The first-order valence-electron chi connectivity index (χ1n) is 5.60. The van der Waals surface area contributed by atoms with Gasteiger partial charge in [0.05, 0.1) is 22.8 Å². The van der Waals surface area contributed by atoms with E-state index in [1.807, 2.05) is 0 Å². The Labute approximate surface area is 117 Å². The van der Waals surface area contributed by atoms with Crippen LogP contribution in [0.3, 0.4) is 0 Å². The van der Waals surface area contributed by atoms with Crippen LogP contribution in [-0.4, -0.2) is 27.5 Å². The van der Waals surface area contributed by atoms with Gasteiger partial charge < -0.3 is 10.4 Å². The van der Waals surface area contributed by atoms with Crippen molar-refractivity contribution in [1.82, 2.24) is 9.78 Å². The second-order valence-corrected chi connectivity index (χ2v) is 4.86. The highest BCUT2D eigenvalue weighted by Crippen LogP contribution is 2.23. The van der Waals surface area contributed by atoms with Crippen LogP contribution in [0.1, 0.15) is 0 Å². The van der Waals surface area contributed by atoms with E-state index >= 15 is 0 Å². The van der Waals surface area contributed by atoms with Gasteiger partial charge in [0, 0.05) is 25.0 Å². The number of nitrogens with zero attached hydrogens (tertiary/aromatic N) is 2. The number of aliphatic hydroxyl groups excluding tert-OH is 1. The Morgan fingerprint density at radius 3 is 2.84 bits per heavy atom. The maximum absolute atomic E-state index is 13.5. The molecule has 0 fully saturated rings. The fourth-order valence-corrected chi connectivity index (χ4v) is 1.89. The molecule has 1 aromatic carbocycles. The minimum Gasteiger partial charge on any atom is -0.389 e. The SMILES string of the molecule is OC(CNc1cc(F)c(Br)cc1F)Cn1cccn1. The first-order chi connectivity index (χ1) is 9.06. The lowest BCUT2D eigenvalue weighted by Gasteiger charge is -2.13. The molecule has 1 unspecified atom stereocenters. The summed E-state index contributed by atoms with van der Waals surface area (Å²) < 4.78 is 28.4. The third-order valence-electron chi connectivity index (χ3n) is 2.50. The lowest BCUT2D eigenvalue weighted by molar-refractivity contribution is 0.161. The Hall–Kier alpha value is -1.47. The Bertz CT molecular complexity index is 548. The molecule has 7 heteroatoms. The van der Waals surface area contributed by atoms with Gasteiger partial charge in [-0.1, -0.05) is 0 Å². The largest absolute Gasteiger partial charge is 0.389 e. The lowest BCUT2D eigenvalue weighted by atomic mass is 10.2. The molecule has 0 spiro atoms. The second-order valence-electron chi connectivity index (χ2n) is 4.01. The van der Waals surface area contributed by atoms with Crippen LogP contribution in [0.4, 0.5) is 14.5 Å². The van der Waals surface area contributed by atoms with Crippen LogP contribution >= 0.6 is 15.9 Å². The molecule has 1 aromatic heterocycles. The van der Waals surface area contributed by atoms with E-state index in [4.69, 9.17) is 0 Å². The molecule has 1 atom stereocenters. The highest BCUT2D eigenvalue weighted by Gasteiger charge is 2.10. The maximum atomic E-state index is 13.5. The van der Waals surface area contributed by atoms with E-state index < -0.39 is 17.7 Å². The van der Waals surface area contributed by atoms with Crippen LogP contribution in [0.15, 0.2) is 35.1 Å². The average molecular weight is 332 g/mol. The number of halogens is 3. The summed E-state index contributed by atoms with van der Waals surface area (Å²) in [7, 11) is 0. The minimum atomic E-state index is -0.758. The van der Waals surface area contributed by atoms with Gasteiger partial charge in [0.15, 0.2) is 0 Å². The molecular weight excluding hydrogens is 320 g/mol. The summed E-state index contributed by atoms with van der Waals surface area (Å²) >= 11 is 2.90. The van der Waals surface area contributed by atoms with E-state index in [-0.39, 0.29) is 23.2 Å². The van der Waals surface area contributed by atoms with E-state index in [0.29, 0.717) is 0 Å². The van der Waals surface area contributed by atoms with Gasteiger partial charge in [0.2, 0.25) is 0 Å². The second kappa shape index (κ2) is 6.12. The molecule has 0 aliphatic carbocycles. The van der Waals surface area contributed by atoms with Gasteiger partial charge >= 0.3 is 0 Å². The van der Waals surface area contributed by atoms with E-state index in [1.54, 1.807) is 23.1 Å². The number of hydrogen-bond donors (Lipinski definition) is 2. The van der Waals surface area contributed by atoms with Crippen molar-refractivity contribution in [3.8, 4) is 0 Å². The van der Waals surface area contributed by atoms with Crippen LogP contribution in [-0.2, 0) is 6.54 Å². The van der Waals surface area contributed by atoms with Gasteiger partial charge in [-0.15, -0.1) is 0 Å². The topological polar surface area (TPSA) is 50.1 Å². The zero-order valence-electron chi connectivity index (χ0n) is 9.85. The number of benzene rings is 1. The molecule has 0 radical (unpaired) electrons. The Balaban J connectivity index is 1.93. The molecule has 0 aliphatic rings. The Morgan fingerprint density at radius 1 is 1.37 bits per heavy atom. The van der Waals surface area contributed by atoms with Gasteiger partial charge in [0.1, 0.15) is 11.6 Å². The van der Waals surface area contributed by atoms with Crippen molar-refractivity contribution in [2.45, 2.75) is 12.6 Å². The smallest absolute Gasteiger partial charge is 0.147 e.